The van der Waals surface area contributed by atoms with Gasteiger partial charge >= 0.3 is 5.97 Å². The van der Waals surface area contributed by atoms with Crippen LogP contribution in [-0.4, -0.2) is 43.2 Å². The third-order valence-electron chi connectivity index (χ3n) is 3.25. The molecule has 1 heterocycles. The summed E-state index contributed by atoms with van der Waals surface area (Å²) in [6.45, 7) is 1.95. The predicted molar refractivity (Wildman–Crippen MR) is 82.6 cm³/mol. The van der Waals surface area contributed by atoms with Crippen LogP contribution in [0, 0.1) is 0 Å². The highest BCUT2D eigenvalue weighted by Crippen LogP contribution is 2.19. The van der Waals surface area contributed by atoms with Crippen molar-refractivity contribution in [2.45, 2.75) is 32.2 Å². The second kappa shape index (κ2) is 7.68. The fourth-order valence-corrected chi connectivity index (χ4v) is 2.24. The topological polar surface area (TPSA) is 110 Å². The molecule has 2 rings (SSSR count). The molecular formula is C14H16ClN5O3. The minimum absolute atomic E-state index is 0.201. The van der Waals surface area contributed by atoms with Gasteiger partial charge in [0.05, 0.1) is 11.3 Å². The van der Waals surface area contributed by atoms with Gasteiger partial charge in [0.15, 0.2) is 0 Å². The number of nitrogens with one attached hydrogen (secondary N) is 1. The molecular weight excluding hydrogens is 322 g/mol. The van der Waals surface area contributed by atoms with Crippen molar-refractivity contribution >= 4 is 23.5 Å². The van der Waals surface area contributed by atoms with Crippen LogP contribution in [0.25, 0.3) is 5.69 Å². The average Bonchev–Trinajstić information content (AvgIpc) is 3.05. The van der Waals surface area contributed by atoms with Crippen molar-refractivity contribution in [3.8, 4) is 5.69 Å². The van der Waals surface area contributed by atoms with Crippen molar-refractivity contribution in [2.24, 2.45) is 0 Å². The number of benzene rings is 1. The fraction of sp³-hybridized carbons (Fsp3) is 0.357. The number of carbonyl (C=O) groups is 2. The molecule has 0 fully saturated rings. The highest BCUT2D eigenvalue weighted by molar-refractivity contribution is 6.31. The Hall–Kier alpha value is -2.48. The maximum absolute atomic E-state index is 12.5. The number of unbranched alkanes of at least 4 members (excludes halogenated alkanes) is 1. The molecule has 8 nitrogen and oxygen atoms in total. The van der Waals surface area contributed by atoms with Crippen molar-refractivity contribution in [3.05, 3.63) is 35.1 Å². The molecule has 0 saturated carbocycles. The first-order valence-corrected chi connectivity index (χ1v) is 7.47. The molecule has 0 aliphatic rings. The van der Waals surface area contributed by atoms with Crippen molar-refractivity contribution in [1.82, 2.24) is 25.5 Å². The van der Waals surface area contributed by atoms with Gasteiger partial charge in [0, 0.05) is 5.02 Å². The first-order valence-electron chi connectivity index (χ1n) is 7.09. The summed E-state index contributed by atoms with van der Waals surface area (Å²) in [5.41, 5.74) is 0.615. The van der Waals surface area contributed by atoms with Gasteiger partial charge in [-0.05, 0) is 35.0 Å². The van der Waals surface area contributed by atoms with Crippen molar-refractivity contribution in [3.63, 3.8) is 0 Å². The molecule has 9 heteroatoms. The van der Waals surface area contributed by atoms with E-state index in [0.717, 1.165) is 6.42 Å². The van der Waals surface area contributed by atoms with E-state index >= 15 is 0 Å². The van der Waals surface area contributed by atoms with E-state index in [2.05, 4.69) is 20.8 Å². The highest BCUT2D eigenvalue weighted by atomic mass is 35.5. The molecule has 2 aromatic rings. The minimum Gasteiger partial charge on any atom is -0.480 e. The number of amides is 1. The van der Waals surface area contributed by atoms with E-state index in [4.69, 9.17) is 11.6 Å². The summed E-state index contributed by atoms with van der Waals surface area (Å²) >= 11 is 5.95. The van der Waals surface area contributed by atoms with Gasteiger partial charge in [-0.1, -0.05) is 31.4 Å². The van der Waals surface area contributed by atoms with Gasteiger partial charge in [0.1, 0.15) is 12.4 Å². The summed E-state index contributed by atoms with van der Waals surface area (Å²) < 4.78 is 1.31. The number of tetrazole rings is 1. The summed E-state index contributed by atoms with van der Waals surface area (Å²) in [4.78, 5) is 23.8. The lowest BCUT2D eigenvalue weighted by atomic mass is 10.1. The zero-order valence-corrected chi connectivity index (χ0v) is 13.2. The molecule has 23 heavy (non-hydrogen) atoms. The van der Waals surface area contributed by atoms with Crippen LogP contribution in [0.3, 0.4) is 0 Å². The molecule has 0 aliphatic heterocycles. The summed E-state index contributed by atoms with van der Waals surface area (Å²) in [7, 11) is 0. The zero-order valence-electron chi connectivity index (χ0n) is 12.4. The Kier molecular flexibility index (Phi) is 5.64. The molecule has 0 bridgehead atoms. The van der Waals surface area contributed by atoms with E-state index in [9.17, 15) is 14.7 Å². The molecule has 0 saturated heterocycles. The summed E-state index contributed by atoms with van der Waals surface area (Å²) in [6, 6.07) is 3.69. The Morgan fingerprint density at radius 1 is 1.43 bits per heavy atom. The number of hydrogen-bond acceptors (Lipinski definition) is 5. The van der Waals surface area contributed by atoms with Crippen LogP contribution >= 0.6 is 11.6 Å². The third-order valence-corrected chi connectivity index (χ3v) is 3.48. The van der Waals surface area contributed by atoms with Gasteiger partial charge < -0.3 is 10.4 Å². The molecule has 1 unspecified atom stereocenters. The number of aromatic nitrogens is 4. The lowest BCUT2D eigenvalue weighted by Crippen LogP contribution is -2.41. The average molecular weight is 338 g/mol. The molecule has 0 aliphatic carbocycles. The van der Waals surface area contributed by atoms with Crippen molar-refractivity contribution in [1.29, 1.82) is 0 Å². The predicted octanol–water partition coefficient (Wildman–Crippen LogP) is 1.69. The maximum Gasteiger partial charge on any atom is 0.326 e. The lowest BCUT2D eigenvalue weighted by Gasteiger charge is -2.15. The van der Waals surface area contributed by atoms with Gasteiger partial charge in [-0.3, -0.25) is 4.79 Å². The van der Waals surface area contributed by atoms with Crippen LogP contribution in [0.5, 0.6) is 0 Å². The number of halogens is 1. The Morgan fingerprint density at radius 3 is 2.83 bits per heavy atom. The smallest absolute Gasteiger partial charge is 0.326 e. The SMILES string of the molecule is CCCCC(NC(=O)c1cc(Cl)ccc1-n1cnnn1)C(=O)O. The Labute approximate surface area is 137 Å². The molecule has 122 valence electrons. The lowest BCUT2D eigenvalue weighted by molar-refractivity contribution is -0.139. The quantitative estimate of drug-likeness (QED) is 0.795. The summed E-state index contributed by atoms with van der Waals surface area (Å²) in [5.74, 6) is -1.61. The van der Waals surface area contributed by atoms with Crippen LogP contribution < -0.4 is 5.32 Å². The van der Waals surface area contributed by atoms with E-state index < -0.39 is 17.9 Å². The van der Waals surface area contributed by atoms with E-state index in [1.54, 1.807) is 12.1 Å². The second-order valence-electron chi connectivity index (χ2n) is 4.92. The Morgan fingerprint density at radius 2 is 2.22 bits per heavy atom. The van der Waals surface area contributed by atoms with Crippen LogP contribution in [0.2, 0.25) is 5.02 Å². The van der Waals surface area contributed by atoms with Gasteiger partial charge in [-0.2, -0.15) is 4.68 Å². The first-order chi connectivity index (χ1) is 11.0. The number of rotatable bonds is 7. The van der Waals surface area contributed by atoms with Crippen molar-refractivity contribution < 1.29 is 14.7 Å². The highest BCUT2D eigenvalue weighted by Gasteiger charge is 2.22. The van der Waals surface area contributed by atoms with Gasteiger partial charge in [0.2, 0.25) is 0 Å². The Bertz CT molecular complexity index is 690. The van der Waals surface area contributed by atoms with E-state index in [0.29, 0.717) is 23.6 Å². The van der Waals surface area contributed by atoms with Crippen LogP contribution in [0.4, 0.5) is 0 Å². The van der Waals surface area contributed by atoms with Gasteiger partial charge in [-0.25, -0.2) is 4.79 Å². The second-order valence-corrected chi connectivity index (χ2v) is 5.36. The Balaban J connectivity index is 2.27. The van der Waals surface area contributed by atoms with Gasteiger partial charge in [0.25, 0.3) is 5.91 Å². The molecule has 1 aromatic heterocycles. The standard InChI is InChI=1S/C14H16ClN5O3/c1-2-3-4-11(14(22)23)17-13(21)10-7-9(15)5-6-12(10)20-8-16-18-19-20/h5-8,11H,2-4H2,1H3,(H,17,21)(H,22,23). The largest absolute Gasteiger partial charge is 0.480 e. The van der Waals surface area contributed by atoms with E-state index in [1.807, 2.05) is 6.92 Å². The van der Waals surface area contributed by atoms with Crippen LogP contribution in [0.15, 0.2) is 24.5 Å². The molecule has 0 spiro atoms. The third kappa shape index (κ3) is 4.26. The number of carbonyl (C=O) groups excluding carboxylic acids is 1. The maximum atomic E-state index is 12.5. The number of carboxylic acids is 1. The molecule has 1 atom stereocenters. The fourth-order valence-electron chi connectivity index (χ4n) is 2.06. The van der Waals surface area contributed by atoms with Crippen LogP contribution in [0.1, 0.15) is 36.5 Å². The minimum atomic E-state index is -1.07. The van der Waals surface area contributed by atoms with E-state index in [-0.39, 0.29) is 5.56 Å². The summed E-state index contributed by atoms with van der Waals surface area (Å²) in [5, 5.41) is 22.9. The molecule has 0 radical (unpaired) electrons. The van der Waals surface area contributed by atoms with Crippen molar-refractivity contribution in [2.75, 3.05) is 0 Å². The van der Waals surface area contributed by atoms with E-state index in [1.165, 1.54) is 17.1 Å². The normalized spacial score (nSPS) is 11.9. The number of hydrogen-bond donors (Lipinski definition) is 2. The molecule has 1 amide bonds. The number of aliphatic carboxylic acids is 1. The summed E-state index contributed by atoms with van der Waals surface area (Å²) in [6.07, 6.45) is 3.24. The monoisotopic (exact) mass is 337 g/mol. The van der Waals surface area contributed by atoms with Crippen LogP contribution in [-0.2, 0) is 4.79 Å². The van der Waals surface area contributed by atoms with Gasteiger partial charge in [-0.15, -0.1) is 5.10 Å². The number of carboxylic acid groups (broad SMARTS) is 1. The first kappa shape index (κ1) is 16.9. The zero-order chi connectivity index (χ0) is 16.8. The molecule has 2 N–H and O–H groups in total. The number of nitrogens with zero attached hydrogens (tertiary/aromatic N) is 4. The molecule has 1 aromatic carbocycles.